The zero-order valence-corrected chi connectivity index (χ0v) is 12.8. The predicted molar refractivity (Wildman–Crippen MR) is 84.6 cm³/mol. The predicted octanol–water partition coefficient (Wildman–Crippen LogP) is 2.65. The molecule has 0 amide bonds. The number of nitrogens with one attached hydrogen (secondary N) is 1. The highest BCUT2D eigenvalue weighted by Gasteiger charge is 2.21. The molecule has 1 aromatic rings. The van der Waals surface area contributed by atoms with Crippen molar-refractivity contribution in [1.82, 2.24) is 5.32 Å². The lowest BCUT2D eigenvalue weighted by atomic mass is 10.2. The molecule has 3 nitrogen and oxygen atoms in total. The number of guanidine groups is 1. The Morgan fingerprint density at radius 3 is 2.82 bits per heavy atom. The lowest BCUT2D eigenvalue weighted by Crippen LogP contribution is -2.40. The van der Waals surface area contributed by atoms with Gasteiger partial charge in [0.2, 0.25) is 0 Å². The number of nitrogens with zero attached hydrogens (tertiary/aromatic N) is 2. The molecule has 17 heavy (non-hydrogen) atoms. The fourth-order valence-corrected chi connectivity index (χ4v) is 2.10. The lowest BCUT2D eigenvalue weighted by molar-refractivity contribution is 0.890. The van der Waals surface area contributed by atoms with Gasteiger partial charge in [-0.1, -0.05) is 18.2 Å². The molecule has 0 unspecified atom stereocenters. The van der Waals surface area contributed by atoms with Gasteiger partial charge in [0.15, 0.2) is 5.96 Å². The summed E-state index contributed by atoms with van der Waals surface area (Å²) in [5, 5.41) is 3.34. The molecule has 1 aromatic carbocycles. The van der Waals surface area contributed by atoms with E-state index in [1.54, 1.807) is 0 Å². The van der Waals surface area contributed by atoms with E-state index in [0.717, 1.165) is 32.0 Å². The van der Waals surface area contributed by atoms with Crippen LogP contribution in [0.4, 0.5) is 5.69 Å². The molecule has 0 fully saturated rings. The van der Waals surface area contributed by atoms with Crippen LogP contribution < -0.4 is 10.2 Å². The van der Waals surface area contributed by atoms with E-state index >= 15 is 0 Å². The van der Waals surface area contributed by atoms with Crippen molar-refractivity contribution in [2.75, 3.05) is 24.5 Å². The summed E-state index contributed by atoms with van der Waals surface area (Å²) >= 11 is 0. The van der Waals surface area contributed by atoms with Gasteiger partial charge in [-0.25, -0.2) is 0 Å². The van der Waals surface area contributed by atoms with Crippen LogP contribution >= 0.6 is 24.0 Å². The Balaban J connectivity index is 0.00000144. The largest absolute Gasteiger partial charge is 0.356 e. The first-order chi connectivity index (χ1) is 7.86. The first-order valence-electron chi connectivity index (χ1n) is 6.00. The molecule has 4 heteroatoms. The van der Waals surface area contributed by atoms with Crippen LogP contribution in [0, 0.1) is 0 Å². The number of aliphatic imine (C=N–C) groups is 1. The smallest absolute Gasteiger partial charge is 0.198 e. The van der Waals surface area contributed by atoms with Gasteiger partial charge in [0, 0.05) is 25.3 Å². The second kappa shape index (κ2) is 6.83. The molecule has 94 valence electrons. The van der Waals surface area contributed by atoms with E-state index in [1.165, 1.54) is 11.3 Å². The van der Waals surface area contributed by atoms with Crippen molar-refractivity contribution in [3.05, 3.63) is 29.8 Å². The van der Waals surface area contributed by atoms with Crippen LogP contribution in [-0.2, 0) is 6.42 Å². The zero-order chi connectivity index (χ0) is 11.4. The minimum Gasteiger partial charge on any atom is -0.356 e. The normalized spacial score (nSPS) is 14.2. The maximum atomic E-state index is 4.53. The second-order valence-corrected chi connectivity index (χ2v) is 3.86. The van der Waals surface area contributed by atoms with Crippen molar-refractivity contribution in [2.24, 2.45) is 4.99 Å². The highest BCUT2D eigenvalue weighted by atomic mass is 127. The first kappa shape index (κ1) is 14.3. The van der Waals surface area contributed by atoms with Crippen molar-refractivity contribution < 1.29 is 0 Å². The number of rotatable bonds is 2. The summed E-state index contributed by atoms with van der Waals surface area (Å²) in [5.74, 6) is 1.01. The van der Waals surface area contributed by atoms with Gasteiger partial charge in [-0.3, -0.25) is 4.99 Å². The fourth-order valence-electron chi connectivity index (χ4n) is 2.10. The van der Waals surface area contributed by atoms with Crippen LogP contribution in [0.3, 0.4) is 0 Å². The van der Waals surface area contributed by atoms with Gasteiger partial charge in [0.1, 0.15) is 0 Å². The summed E-state index contributed by atoms with van der Waals surface area (Å²) in [6.07, 6.45) is 1.12. The highest BCUT2D eigenvalue weighted by molar-refractivity contribution is 14.0. The molecular weight excluding hydrogens is 325 g/mol. The Morgan fingerprint density at radius 2 is 2.12 bits per heavy atom. The van der Waals surface area contributed by atoms with Crippen LogP contribution in [0.15, 0.2) is 29.3 Å². The van der Waals surface area contributed by atoms with Gasteiger partial charge in [0.25, 0.3) is 0 Å². The maximum Gasteiger partial charge on any atom is 0.198 e. The third-order valence-electron chi connectivity index (χ3n) is 2.79. The number of fused-ring (bicyclic) bond motifs is 1. The summed E-state index contributed by atoms with van der Waals surface area (Å²) in [6.45, 7) is 6.94. The van der Waals surface area contributed by atoms with E-state index in [-0.39, 0.29) is 24.0 Å². The average Bonchev–Trinajstić information content (AvgIpc) is 2.72. The molecule has 0 bridgehead atoms. The van der Waals surface area contributed by atoms with Gasteiger partial charge in [-0.15, -0.1) is 24.0 Å². The topological polar surface area (TPSA) is 27.6 Å². The molecule has 0 aliphatic carbocycles. The van der Waals surface area contributed by atoms with Crippen molar-refractivity contribution in [1.29, 1.82) is 0 Å². The zero-order valence-electron chi connectivity index (χ0n) is 10.4. The van der Waals surface area contributed by atoms with Crippen molar-refractivity contribution in [3.8, 4) is 0 Å². The molecule has 1 aliphatic rings. The average molecular weight is 345 g/mol. The summed E-state index contributed by atoms with van der Waals surface area (Å²) in [7, 11) is 0. The standard InChI is InChI=1S/C13H19N3.HI/c1-3-14-13(15-4-2)16-10-9-11-7-5-6-8-12(11)16;/h5-8H,3-4,9-10H2,1-2H3,(H,14,15);1H. The maximum absolute atomic E-state index is 4.53. The minimum atomic E-state index is 0. The highest BCUT2D eigenvalue weighted by Crippen LogP contribution is 2.27. The van der Waals surface area contributed by atoms with Crippen LogP contribution in [-0.4, -0.2) is 25.6 Å². The van der Waals surface area contributed by atoms with Crippen LogP contribution in [0.5, 0.6) is 0 Å². The van der Waals surface area contributed by atoms with E-state index in [2.05, 4.69) is 53.3 Å². The molecule has 0 saturated carbocycles. The Bertz CT molecular complexity index is 390. The Morgan fingerprint density at radius 1 is 1.35 bits per heavy atom. The number of hydrogen-bond acceptors (Lipinski definition) is 1. The van der Waals surface area contributed by atoms with E-state index in [9.17, 15) is 0 Å². The number of hydrogen-bond donors (Lipinski definition) is 1. The fraction of sp³-hybridized carbons (Fsp3) is 0.462. The summed E-state index contributed by atoms with van der Waals surface area (Å²) in [4.78, 5) is 6.81. The van der Waals surface area contributed by atoms with Crippen LogP contribution in [0.1, 0.15) is 19.4 Å². The van der Waals surface area contributed by atoms with Gasteiger partial charge in [-0.05, 0) is 31.9 Å². The molecular formula is C13H20IN3. The van der Waals surface area contributed by atoms with Gasteiger partial charge in [0.05, 0.1) is 0 Å². The third-order valence-corrected chi connectivity index (χ3v) is 2.79. The van der Waals surface area contributed by atoms with E-state index in [4.69, 9.17) is 0 Å². The SMILES string of the molecule is CCN=C(NCC)N1CCc2ccccc21.I. The summed E-state index contributed by atoms with van der Waals surface area (Å²) < 4.78 is 0. The van der Waals surface area contributed by atoms with Crippen molar-refractivity contribution >= 4 is 35.6 Å². The van der Waals surface area contributed by atoms with E-state index < -0.39 is 0 Å². The van der Waals surface area contributed by atoms with Crippen molar-refractivity contribution in [3.63, 3.8) is 0 Å². The Kier molecular flexibility index (Phi) is 5.74. The van der Waals surface area contributed by atoms with E-state index in [0.29, 0.717) is 0 Å². The quantitative estimate of drug-likeness (QED) is 0.507. The van der Waals surface area contributed by atoms with E-state index in [1.807, 2.05) is 0 Å². The molecule has 0 radical (unpaired) electrons. The number of para-hydroxylation sites is 1. The molecule has 0 saturated heterocycles. The Labute approximate surface area is 120 Å². The number of halogens is 1. The molecule has 1 aliphatic heterocycles. The second-order valence-electron chi connectivity index (χ2n) is 3.86. The molecule has 0 spiro atoms. The monoisotopic (exact) mass is 345 g/mol. The minimum absolute atomic E-state index is 0. The summed E-state index contributed by atoms with van der Waals surface area (Å²) in [5.41, 5.74) is 2.72. The van der Waals surface area contributed by atoms with Crippen LogP contribution in [0.25, 0.3) is 0 Å². The number of benzene rings is 1. The van der Waals surface area contributed by atoms with Crippen LogP contribution in [0.2, 0.25) is 0 Å². The van der Waals surface area contributed by atoms with Gasteiger partial charge < -0.3 is 10.2 Å². The molecule has 0 atom stereocenters. The summed E-state index contributed by atoms with van der Waals surface area (Å²) in [6, 6.07) is 8.56. The lowest BCUT2D eigenvalue weighted by Gasteiger charge is -2.22. The molecule has 1 N–H and O–H groups in total. The molecule has 1 heterocycles. The molecule has 2 rings (SSSR count). The Hall–Kier alpha value is -0.780. The number of anilines is 1. The van der Waals surface area contributed by atoms with Crippen molar-refractivity contribution in [2.45, 2.75) is 20.3 Å². The third kappa shape index (κ3) is 3.12. The molecule has 0 aromatic heterocycles. The first-order valence-corrected chi connectivity index (χ1v) is 6.00. The van der Waals surface area contributed by atoms with Gasteiger partial charge in [-0.2, -0.15) is 0 Å². The van der Waals surface area contributed by atoms with Gasteiger partial charge >= 0.3 is 0 Å².